The molecule has 15 heavy (non-hydrogen) atoms. The summed E-state index contributed by atoms with van der Waals surface area (Å²) in [5.74, 6) is -0.735. The number of esters is 1. The highest BCUT2D eigenvalue weighted by Crippen LogP contribution is 2.17. The van der Waals surface area contributed by atoms with E-state index in [1.54, 1.807) is 25.1 Å². The van der Waals surface area contributed by atoms with Crippen molar-refractivity contribution in [1.29, 1.82) is 0 Å². The Kier molecular flexibility index (Phi) is 4.49. The number of rotatable bonds is 3. The number of hydrogen-bond donors (Lipinski definition) is 0. The lowest BCUT2D eigenvalue weighted by Gasteiger charge is -1.97. The van der Waals surface area contributed by atoms with Gasteiger partial charge < -0.3 is 4.74 Å². The highest BCUT2D eigenvalue weighted by Gasteiger charge is 1.99. The third-order valence-corrected chi connectivity index (χ3v) is 2.25. The average molecular weight is 273 g/mol. The van der Waals surface area contributed by atoms with Gasteiger partial charge in [0.2, 0.25) is 0 Å². The molecule has 1 aromatic carbocycles. The van der Waals surface area contributed by atoms with Crippen LogP contribution < -0.4 is 0 Å². The maximum atomic E-state index is 12.9. The first-order valence-electron chi connectivity index (χ1n) is 4.43. The van der Waals surface area contributed by atoms with E-state index < -0.39 is 5.97 Å². The lowest BCUT2D eigenvalue weighted by Crippen LogP contribution is -1.98. The molecule has 1 aromatic rings. The molecule has 0 heterocycles. The van der Waals surface area contributed by atoms with Crippen molar-refractivity contribution < 1.29 is 13.9 Å². The molecule has 1 rings (SSSR count). The highest BCUT2D eigenvalue weighted by atomic mass is 79.9. The Labute approximate surface area is 95.9 Å². The number of benzene rings is 1. The van der Waals surface area contributed by atoms with Gasteiger partial charge in [-0.15, -0.1) is 0 Å². The Balaban J connectivity index is 2.72. The van der Waals surface area contributed by atoms with Crippen LogP contribution in [0.1, 0.15) is 12.5 Å². The lowest BCUT2D eigenvalue weighted by molar-refractivity contribution is -0.137. The van der Waals surface area contributed by atoms with Crippen LogP contribution >= 0.6 is 15.9 Å². The van der Waals surface area contributed by atoms with Crippen LogP contribution in [0.2, 0.25) is 0 Å². The van der Waals surface area contributed by atoms with Crippen LogP contribution in [0.5, 0.6) is 0 Å². The number of ether oxygens (including phenoxy) is 1. The van der Waals surface area contributed by atoms with E-state index in [1.807, 2.05) is 0 Å². The molecule has 4 heteroatoms. The Morgan fingerprint density at radius 3 is 2.93 bits per heavy atom. The Morgan fingerprint density at radius 1 is 1.60 bits per heavy atom. The maximum absolute atomic E-state index is 12.9. The van der Waals surface area contributed by atoms with Crippen molar-refractivity contribution >= 4 is 28.0 Å². The van der Waals surface area contributed by atoms with Crippen molar-refractivity contribution in [1.82, 2.24) is 0 Å². The summed E-state index contributed by atoms with van der Waals surface area (Å²) < 4.78 is 17.9. The second kappa shape index (κ2) is 5.66. The number of hydrogen-bond acceptors (Lipinski definition) is 2. The molecule has 0 radical (unpaired) electrons. The van der Waals surface area contributed by atoms with Gasteiger partial charge >= 0.3 is 5.97 Å². The summed E-state index contributed by atoms with van der Waals surface area (Å²) >= 11 is 3.06. The number of carbonyl (C=O) groups excluding carboxylic acids is 1. The van der Waals surface area contributed by atoms with Crippen LogP contribution in [0.3, 0.4) is 0 Å². The largest absolute Gasteiger partial charge is 0.463 e. The van der Waals surface area contributed by atoms with Gasteiger partial charge in [0, 0.05) is 6.08 Å². The molecule has 0 saturated carbocycles. The van der Waals surface area contributed by atoms with Gasteiger partial charge in [-0.1, -0.05) is 6.07 Å². The minimum absolute atomic E-state index is 0.330. The average Bonchev–Trinajstić information content (AvgIpc) is 2.20. The maximum Gasteiger partial charge on any atom is 0.330 e. The fraction of sp³-hybridized carbons (Fsp3) is 0.182. The molecule has 0 spiro atoms. The summed E-state index contributed by atoms with van der Waals surface area (Å²) in [6, 6.07) is 4.50. The Bertz CT molecular complexity index is 388. The van der Waals surface area contributed by atoms with Crippen molar-refractivity contribution in [2.45, 2.75) is 6.92 Å². The van der Waals surface area contributed by atoms with Crippen molar-refractivity contribution in [2.24, 2.45) is 0 Å². The smallest absolute Gasteiger partial charge is 0.330 e. The van der Waals surface area contributed by atoms with Gasteiger partial charge in [-0.05, 0) is 46.6 Å². The zero-order valence-electron chi connectivity index (χ0n) is 8.17. The summed E-state index contributed by atoms with van der Waals surface area (Å²) in [5.41, 5.74) is 0.733. The first-order chi connectivity index (χ1) is 7.13. The van der Waals surface area contributed by atoms with Gasteiger partial charge in [-0.2, -0.15) is 0 Å². The van der Waals surface area contributed by atoms with Gasteiger partial charge in [0.25, 0.3) is 0 Å². The molecule has 0 aliphatic heterocycles. The molecule has 0 bridgehead atoms. The molecule has 0 amide bonds. The van der Waals surface area contributed by atoms with E-state index in [1.165, 1.54) is 12.1 Å². The first-order valence-corrected chi connectivity index (χ1v) is 5.22. The van der Waals surface area contributed by atoms with Crippen LogP contribution in [-0.4, -0.2) is 12.6 Å². The molecule has 0 atom stereocenters. The van der Waals surface area contributed by atoms with Crippen molar-refractivity contribution in [3.8, 4) is 0 Å². The predicted molar refractivity (Wildman–Crippen MR) is 59.8 cm³/mol. The third-order valence-electron chi connectivity index (χ3n) is 1.64. The summed E-state index contributed by atoms with van der Waals surface area (Å²) in [6.45, 7) is 2.08. The molecule has 0 aliphatic carbocycles. The van der Waals surface area contributed by atoms with Gasteiger partial charge in [0.1, 0.15) is 5.82 Å². The monoisotopic (exact) mass is 272 g/mol. The van der Waals surface area contributed by atoms with Crippen LogP contribution in [-0.2, 0) is 9.53 Å². The van der Waals surface area contributed by atoms with Crippen molar-refractivity contribution in [3.63, 3.8) is 0 Å². The molecule has 0 N–H and O–H groups in total. The van der Waals surface area contributed by atoms with E-state index in [0.717, 1.165) is 5.56 Å². The van der Waals surface area contributed by atoms with Crippen LogP contribution in [0, 0.1) is 5.82 Å². The van der Waals surface area contributed by atoms with Crippen LogP contribution in [0.15, 0.2) is 28.7 Å². The predicted octanol–water partition coefficient (Wildman–Crippen LogP) is 3.16. The molecule has 0 saturated heterocycles. The lowest BCUT2D eigenvalue weighted by atomic mass is 10.2. The fourth-order valence-corrected chi connectivity index (χ4v) is 1.37. The minimum Gasteiger partial charge on any atom is -0.463 e. The Morgan fingerprint density at radius 2 is 2.33 bits per heavy atom. The summed E-state index contributed by atoms with van der Waals surface area (Å²) in [6.07, 6.45) is 2.88. The summed E-state index contributed by atoms with van der Waals surface area (Å²) in [7, 11) is 0. The van der Waals surface area contributed by atoms with E-state index >= 15 is 0 Å². The van der Waals surface area contributed by atoms with Gasteiger partial charge in [-0.25, -0.2) is 9.18 Å². The second-order valence-corrected chi connectivity index (χ2v) is 3.61. The molecule has 80 valence electrons. The fourth-order valence-electron chi connectivity index (χ4n) is 0.971. The second-order valence-electron chi connectivity index (χ2n) is 2.76. The normalized spacial score (nSPS) is 10.6. The molecular weight excluding hydrogens is 263 g/mol. The zero-order chi connectivity index (χ0) is 11.3. The van der Waals surface area contributed by atoms with Gasteiger partial charge in [0.15, 0.2) is 0 Å². The molecule has 2 nitrogen and oxygen atoms in total. The number of halogens is 2. The SMILES string of the molecule is CCOC(=O)/C=C/c1ccc(F)c(Br)c1. The molecular formula is C11H10BrFO2. The first kappa shape index (κ1) is 11.9. The molecule has 0 unspecified atom stereocenters. The van der Waals surface area contributed by atoms with E-state index in [9.17, 15) is 9.18 Å². The van der Waals surface area contributed by atoms with Crippen molar-refractivity contribution in [2.75, 3.05) is 6.61 Å². The topological polar surface area (TPSA) is 26.3 Å². The molecule has 0 fully saturated rings. The summed E-state index contributed by atoms with van der Waals surface area (Å²) in [4.78, 5) is 11.0. The quantitative estimate of drug-likeness (QED) is 0.624. The van der Waals surface area contributed by atoms with Crippen LogP contribution in [0.25, 0.3) is 6.08 Å². The van der Waals surface area contributed by atoms with Crippen molar-refractivity contribution in [3.05, 3.63) is 40.1 Å². The summed E-state index contributed by atoms with van der Waals surface area (Å²) in [5, 5.41) is 0. The van der Waals surface area contributed by atoms with E-state index in [-0.39, 0.29) is 5.82 Å². The molecule has 0 aromatic heterocycles. The van der Waals surface area contributed by atoms with E-state index in [0.29, 0.717) is 11.1 Å². The zero-order valence-corrected chi connectivity index (χ0v) is 9.75. The highest BCUT2D eigenvalue weighted by molar-refractivity contribution is 9.10. The van der Waals surface area contributed by atoms with Crippen LogP contribution in [0.4, 0.5) is 4.39 Å². The van der Waals surface area contributed by atoms with E-state index in [2.05, 4.69) is 15.9 Å². The van der Waals surface area contributed by atoms with Gasteiger partial charge in [0.05, 0.1) is 11.1 Å². The minimum atomic E-state index is -0.405. The van der Waals surface area contributed by atoms with Gasteiger partial charge in [-0.3, -0.25) is 0 Å². The molecule has 0 aliphatic rings. The Hall–Kier alpha value is -1.16. The third kappa shape index (κ3) is 3.83. The van der Waals surface area contributed by atoms with E-state index in [4.69, 9.17) is 4.74 Å². The standard InChI is InChI=1S/C11H10BrFO2/c1-2-15-11(14)6-4-8-3-5-10(13)9(12)7-8/h3-7H,2H2,1H3/b6-4+. The number of carbonyl (C=O) groups is 1.